The molecule has 0 aliphatic heterocycles. The second kappa shape index (κ2) is 5.42. The minimum absolute atomic E-state index is 0.252. The molecule has 0 aliphatic rings. The molecule has 0 fully saturated rings. The van der Waals surface area contributed by atoms with Crippen molar-refractivity contribution in [1.29, 1.82) is 0 Å². The average molecular weight is 327 g/mol. The molecule has 0 saturated carbocycles. The number of amides is 1. The predicted octanol–water partition coefficient (Wildman–Crippen LogP) is 3.99. The van der Waals surface area contributed by atoms with Crippen LogP contribution >= 0.6 is 27.5 Å². The maximum Gasteiger partial charge on any atom is 0.252 e. The minimum atomic E-state index is -0.581. The Morgan fingerprint density at radius 1 is 1.22 bits per heavy atom. The molecule has 0 spiro atoms. The van der Waals surface area contributed by atoms with E-state index >= 15 is 0 Å². The highest BCUT2D eigenvalue weighted by Gasteiger charge is 2.11. The number of carbonyl (C=O) groups excluding carboxylic acids is 1. The summed E-state index contributed by atoms with van der Waals surface area (Å²) in [5, 5.41) is 0.436. The maximum absolute atomic E-state index is 11.3. The summed E-state index contributed by atoms with van der Waals surface area (Å²) in [5.41, 5.74) is 5.53. The SMILES string of the molecule is NC(=O)c1cc(Cl)ccc1Oc1cccc(Br)c1. The molecule has 0 saturated heterocycles. The van der Waals surface area contributed by atoms with Crippen molar-refractivity contribution in [3.63, 3.8) is 0 Å². The van der Waals surface area contributed by atoms with Gasteiger partial charge in [-0.1, -0.05) is 33.6 Å². The summed E-state index contributed by atoms with van der Waals surface area (Å²) < 4.78 is 6.50. The van der Waals surface area contributed by atoms with Gasteiger partial charge in [-0.3, -0.25) is 4.79 Å². The Morgan fingerprint density at radius 2 is 2.00 bits per heavy atom. The molecule has 0 heterocycles. The van der Waals surface area contributed by atoms with Crippen molar-refractivity contribution in [1.82, 2.24) is 0 Å². The van der Waals surface area contributed by atoms with E-state index in [9.17, 15) is 4.79 Å². The molecular formula is C13H9BrClNO2. The van der Waals surface area contributed by atoms with Gasteiger partial charge in [-0.2, -0.15) is 0 Å². The van der Waals surface area contributed by atoms with Crippen molar-refractivity contribution in [3.05, 3.63) is 57.5 Å². The van der Waals surface area contributed by atoms with Gasteiger partial charge < -0.3 is 10.5 Å². The van der Waals surface area contributed by atoms with Crippen molar-refractivity contribution in [3.8, 4) is 11.5 Å². The van der Waals surface area contributed by atoms with Gasteiger partial charge in [0.1, 0.15) is 11.5 Å². The summed E-state index contributed by atoms with van der Waals surface area (Å²) in [6, 6.07) is 12.0. The van der Waals surface area contributed by atoms with Gasteiger partial charge >= 0.3 is 0 Å². The van der Waals surface area contributed by atoms with Crippen LogP contribution in [-0.2, 0) is 0 Å². The van der Waals surface area contributed by atoms with Crippen LogP contribution in [0, 0.1) is 0 Å². The molecule has 0 aromatic heterocycles. The monoisotopic (exact) mass is 325 g/mol. The van der Waals surface area contributed by atoms with Crippen molar-refractivity contribution >= 4 is 33.4 Å². The fraction of sp³-hybridized carbons (Fsp3) is 0. The molecule has 2 N–H and O–H groups in total. The van der Waals surface area contributed by atoms with E-state index < -0.39 is 5.91 Å². The number of hydrogen-bond acceptors (Lipinski definition) is 2. The predicted molar refractivity (Wildman–Crippen MR) is 74.2 cm³/mol. The smallest absolute Gasteiger partial charge is 0.252 e. The molecule has 92 valence electrons. The van der Waals surface area contributed by atoms with E-state index in [2.05, 4.69) is 15.9 Å². The number of nitrogens with two attached hydrogens (primary N) is 1. The number of primary amides is 1. The lowest BCUT2D eigenvalue weighted by Gasteiger charge is -2.09. The Balaban J connectivity index is 2.37. The number of hydrogen-bond donors (Lipinski definition) is 1. The largest absolute Gasteiger partial charge is 0.456 e. The Kier molecular flexibility index (Phi) is 3.89. The maximum atomic E-state index is 11.3. The van der Waals surface area contributed by atoms with Gasteiger partial charge in [0.05, 0.1) is 5.56 Å². The van der Waals surface area contributed by atoms with Crippen molar-refractivity contribution in [2.75, 3.05) is 0 Å². The molecule has 0 atom stereocenters. The zero-order valence-electron chi connectivity index (χ0n) is 9.19. The van der Waals surface area contributed by atoms with Gasteiger partial charge in [-0.05, 0) is 36.4 Å². The lowest BCUT2D eigenvalue weighted by Crippen LogP contribution is -2.12. The van der Waals surface area contributed by atoms with E-state index in [0.717, 1.165) is 4.47 Å². The summed E-state index contributed by atoms with van der Waals surface area (Å²) in [5.74, 6) is 0.404. The van der Waals surface area contributed by atoms with Gasteiger partial charge in [-0.25, -0.2) is 0 Å². The molecule has 0 aliphatic carbocycles. The second-order valence-corrected chi connectivity index (χ2v) is 4.92. The molecule has 2 aromatic carbocycles. The summed E-state index contributed by atoms with van der Waals surface area (Å²) in [6.45, 7) is 0. The molecular weight excluding hydrogens is 318 g/mol. The van der Waals surface area contributed by atoms with E-state index in [1.807, 2.05) is 12.1 Å². The third-order valence-electron chi connectivity index (χ3n) is 2.23. The number of benzene rings is 2. The molecule has 5 heteroatoms. The van der Waals surface area contributed by atoms with Crippen LogP contribution in [0.15, 0.2) is 46.9 Å². The first-order valence-corrected chi connectivity index (χ1v) is 6.26. The first-order chi connectivity index (χ1) is 8.56. The first-order valence-electron chi connectivity index (χ1n) is 5.09. The summed E-state index contributed by atoms with van der Waals surface area (Å²) in [7, 11) is 0. The third-order valence-corrected chi connectivity index (χ3v) is 2.96. The van der Waals surface area contributed by atoms with E-state index in [4.69, 9.17) is 22.1 Å². The number of carbonyl (C=O) groups is 1. The van der Waals surface area contributed by atoms with Crippen molar-refractivity contribution in [2.45, 2.75) is 0 Å². The topological polar surface area (TPSA) is 52.3 Å². The molecule has 2 aromatic rings. The summed E-state index contributed by atoms with van der Waals surface area (Å²) in [6.07, 6.45) is 0. The van der Waals surface area contributed by atoms with Crippen LogP contribution in [0.4, 0.5) is 0 Å². The van der Waals surface area contributed by atoms with Gasteiger partial charge in [0.15, 0.2) is 0 Å². The van der Waals surface area contributed by atoms with Crippen LogP contribution in [0.5, 0.6) is 11.5 Å². The van der Waals surface area contributed by atoms with Crippen LogP contribution in [-0.4, -0.2) is 5.91 Å². The zero-order chi connectivity index (χ0) is 13.1. The van der Waals surface area contributed by atoms with Crippen molar-refractivity contribution in [2.24, 2.45) is 5.73 Å². The highest BCUT2D eigenvalue weighted by molar-refractivity contribution is 9.10. The van der Waals surface area contributed by atoms with E-state index in [1.165, 1.54) is 6.07 Å². The minimum Gasteiger partial charge on any atom is -0.456 e. The van der Waals surface area contributed by atoms with Crippen LogP contribution < -0.4 is 10.5 Å². The van der Waals surface area contributed by atoms with E-state index in [-0.39, 0.29) is 5.56 Å². The summed E-state index contributed by atoms with van der Waals surface area (Å²) in [4.78, 5) is 11.3. The Bertz CT molecular complexity index is 601. The third kappa shape index (κ3) is 3.03. The Morgan fingerprint density at radius 3 is 2.67 bits per heavy atom. The first kappa shape index (κ1) is 12.9. The highest BCUT2D eigenvalue weighted by atomic mass is 79.9. The molecule has 2 rings (SSSR count). The van der Waals surface area contributed by atoms with Gasteiger partial charge in [0, 0.05) is 9.50 Å². The quantitative estimate of drug-likeness (QED) is 0.927. The molecule has 0 radical (unpaired) electrons. The highest BCUT2D eigenvalue weighted by Crippen LogP contribution is 2.29. The van der Waals surface area contributed by atoms with Crippen LogP contribution in [0.3, 0.4) is 0 Å². The second-order valence-electron chi connectivity index (χ2n) is 3.56. The number of ether oxygens (including phenoxy) is 1. The molecule has 1 amide bonds. The molecule has 0 unspecified atom stereocenters. The van der Waals surface area contributed by atoms with Gasteiger partial charge in [0.25, 0.3) is 5.91 Å². The van der Waals surface area contributed by atoms with Crippen LogP contribution in [0.2, 0.25) is 5.02 Å². The van der Waals surface area contributed by atoms with Crippen LogP contribution in [0.25, 0.3) is 0 Å². The molecule has 18 heavy (non-hydrogen) atoms. The Hall–Kier alpha value is -1.52. The van der Waals surface area contributed by atoms with Gasteiger partial charge in [0.2, 0.25) is 0 Å². The fourth-order valence-electron chi connectivity index (χ4n) is 1.44. The van der Waals surface area contributed by atoms with E-state index in [1.54, 1.807) is 24.3 Å². The van der Waals surface area contributed by atoms with Gasteiger partial charge in [-0.15, -0.1) is 0 Å². The summed E-state index contributed by atoms with van der Waals surface area (Å²) >= 11 is 9.16. The number of halogens is 2. The standard InChI is InChI=1S/C13H9BrClNO2/c14-8-2-1-3-10(6-8)18-12-5-4-9(15)7-11(12)13(16)17/h1-7H,(H2,16,17). The lowest BCUT2D eigenvalue weighted by atomic mass is 10.2. The van der Waals surface area contributed by atoms with E-state index in [0.29, 0.717) is 16.5 Å². The average Bonchev–Trinajstić information content (AvgIpc) is 2.31. The number of rotatable bonds is 3. The van der Waals surface area contributed by atoms with Crippen molar-refractivity contribution < 1.29 is 9.53 Å². The Labute approximate surface area is 118 Å². The fourth-order valence-corrected chi connectivity index (χ4v) is 1.99. The zero-order valence-corrected chi connectivity index (χ0v) is 11.5. The van der Waals surface area contributed by atoms with Crippen LogP contribution in [0.1, 0.15) is 10.4 Å². The molecule has 3 nitrogen and oxygen atoms in total. The normalized spacial score (nSPS) is 10.1. The lowest BCUT2D eigenvalue weighted by molar-refractivity contribution is 0.0998. The molecule has 0 bridgehead atoms.